The van der Waals surface area contributed by atoms with Gasteiger partial charge in [0, 0.05) is 45.4 Å². The van der Waals surface area contributed by atoms with Crippen molar-refractivity contribution in [1.82, 2.24) is 15.1 Å². The van der Waals surface area contributed by atoms with Gasteiger partial charge in [0.25, 0.3) is 0 Å². The number of hydrogen-bond donors (Lipinski definition) is 1. The van der Waals surface area contributed by atoms with Gasteiger partial charge in [0.15, 0.2) is 0 Å². The highest BCUT2D eigenvalue weighted by Gasteiger charge is 2.24. The topological polar surface area (TPSA) is 27.7 Å². The van der Waals surface area contributed by atoms with Gasteiger partial charge in [0.05, 0.1) is 6.10 Å². The first-order chi connectivity index (χ1) is 9.25. The van der Waals surface area contributed by atoms with E-state index >= 15 is 0 Å². The van der Waals surface area contributed by atoms with E-state index in [4.69, 9.17) is 4.74 Å². The largest absolute Gasteiger partial charge is 0.379 e. The van der Waals surface area contributed by atoms with Crippen molar-refractivity contribution in [3.8, 4) is 0 Å². The van der Waals surface area contributed by atoms with Gasteiger partial charge in [-0.15, -0.1) is 0 Å². The Bertz CT molecular complexity index is 234. The second-order valence-corrected chi connectivity index (χ2v) is 6.13. The molecule has 0 amide bonds. The second-order valence-electron chi connectivity index (χ2n) is 6.13. The van der Waals surface area contributed by atoms with Crippen LogP contribution in [0.1, 0.15) is 33.1 Å². The zero-order valence-electron chi connectivity index (χ0n) is 12.7. The fourth-order valence-corrected chi connectivity index (χ4v) is 3.16. The van der Waals surface area contributed by atoms with Crippen LogP contribution in [-0.2, 0) is 4.74 Å². The molecule has 4 heteroatoms. The van der Waals surface area contributed by atoms with Gasteiger partial charge in [-0.1, -0.05) is 0 Å². The summed E-state index contributed by atoms with van der Waals surface area (Å²) in [6.45, 7) is 13.7. The Morgan fingerprint density at radius 1 is 1.11 bits per heavy atom. The van der Waals surface area contributed by atoms with Crippen molar-refractivity contribution in [2.75, 3.05) is 52.4 Å². The average molecular weight is 269 g/mol. The van der Waals surface area contributed by atoms with Gasteiger partial charge < -0.3 is 15.0 Å². The van der Waals surface area contributed by atoms with E-state index in [1.54, 1.807) is 0 Å². The maximum absolute atomic E-state index is 5.61. The van der Waals surface area contributed by atoms with Crippen molar-refractivity contribution in [2.45, 2.75) is 45.3 Å². The summed E-state index contributed by atoms with van der Waals surface area (Å²) >= 11 is 0. The minimum atomic E-state index is 0.374. The molecular weight excluding hydrogens is 238 g/mol. The molecule has 112 valence electrons. The predicted octanol–water partition coefficient (Wildman–Crippen LogP) is 1.17. The lowest BCUT2D eigenvalue weighted by molar-refractivity contribution is 0.0609. The zero-order chi connectivity index (χ0) is 13.5. The molecule has 19 heavy (non-hydrogen) atoms. The number of hydrogen-bond acceptors (Lipinski definition) is 4. The molecule has 0 aromatic carbocycles. The van der Waals surface area contributed by atoms with E-state index in [1.807, 2.05) is 0 Å². The van der Waals surface area contributed by atoms with Gasteiger partial charge in [-0.2, -0.15) is 0 Å². The predicted molar refractivity (Wildman–Crippen MR) is 79.6 cm³/mol. The summed E-state index contributed by atoms with van der Waals surface area (Å²) in [5, 5.41) is 3.44. The number of piperidine rings is 1. The molecule has 0 spiro atoms. The number of likely N-dealkylation sites (tertiary alicyclic amines) is 1. The lowest BCUT2D eigenvalue weighted by Gasteiger charge is -2.40. The third kappa shape index (κ3) is 5.38. The molecule has 0 atom stereocenters. The van der Waals surface area contributed by atoms with E-state index in [9.17, 15) is 0 Å². The number of nitrogens with zero attached hydrogens (tertiary/aromatic N) is 2. The normalized spacial score (nSPS) is 24.2. The van der Waals surface area contributed by atoms with E-state index in [0.29, 0.717) is 6.10 Å². The maximum Gasteiger partial charge on any atom is 0.0518 e. The first-order valence-corrected chi connectivity index (χ1v) is 8.04. The van der Waals surface area contributed by atoms with Crippen LogP contribution < -0.4 is 5.32 Å². The minimum absolute atomic E-state index is 0.374. The Morgan fingerprint density at radius 2 is 1.79 bits per heavy atom. The van der Waals surface area contributed by atoms with Gasteiger partial charge in [0.2, 0.25) is 0 Å². The molecule has 0 aromatic heterocycles. The number of ether oxygens (including phenoxy) is 1. The van der Waals surface area contributed by atoms with Crippen molar-refractivity contribution >= 4 is 0 Å². The molecule has 2 fully saturated rings. The highest BCUT2D eigenvalue weighted by atomic mass is 16.5. The highest BCUT2D eigenvalue weighted by molar-refractivity contribution is 4.82. The van der Waals surface area contributed by atoms with E-state index in [1.165, 1.54) is 65.1 Å². The quantitative estimate of drug-likeness (QED) is 0.733. The van der Waals surface area contributed by atoms with Gasteiger partial charge >= 0.3 is 0 Å². The van der Waals surface area contributed by atoms with Crippen LogP contribution in [0.3, 0.4) is 0 Å². The van der Waals surface area contributed by atoms with Crippen LogP contribution in [0.15, 0.2) is 0 Å². The van der Waals surface area contributed by atoms with Crippen molar-refractivity contribution < 1.29 is 4.74 Å². The second kappa shape index (κ2) is 8.20. The summed E-state index contributed by atoms with van der Waals surface area (Å²) in [5.74, 6) is 0. The van der Waals surface area contributed by atoms with Crippen molar-refractivity contribution in [2.24, 2.45) is 0 Å². The molecule has 0 bridgehead atoms. The molecule has 0 unspecified atom stereocenters. The van der Waals surface area contributed by atoms with Crippen LogP contribution in [0.2, 0.25) is 0 Å². The van der Waals surface area contributed by atoms with Crippen molar-refractivity contribution in [1.29, 1.82) is 0 Å². The van der Waals surface area contributed by atoms with Crippen LogP contribution in [0.4, 0.5) is 0 Å². The smallest absolute Gasteiger partial charge is 0.0518 e. The molecule has 2 rings (SSSR count). The Hall–Kier alpha value is -0.160. The average Bonchev–Trinajstić information content (AvgIpc) is 2.45. The molecule has 2 aliphatic heterocycles. The minimum Gasteiger partial charge on any atom is -0.379 e. The van der Waals surface area contributed by atoms with E-state index < -0.39 is 0 Å². The Kier molecular flexibility index (Phi) is 6.57. The van der Waals surface area contributed by atoms with Crippen LogP contribution in [0, 0.1) is 0 Å². The van der Waals surface area contributed by atoms with Gasteiger partial charge in [0.1, 0.15) is 0 Å². The molecule has 2 saturated heterocycles. The number of nitrogens with one attached hydrogen (secondary N) is 1. The number of rotatable bonds is 6. The molecule has 2 heterocycles. The molecule has 0 aromatic rings. The highest BCUT2D eigenvalue weighted by Crippen LogP contribution is 2.17. The molecule has 0 aliphatic carbocycles. The summed E-state index contributed by atoms with van der Waals surface area (Å²) in [5.41, 5.74) is 0. The first kappa shape index (κ1) is 15.2. The lowest BCUT2D eigenvalue weighted by atomic mass is 10.0. The number of piperazine rings is 1. The Balaban J connectivity index is 1.57. The summed E-state index contributed by atoms with van der Waals surface area (Å²) < 4.78 is 5.61. The van der Waals surface area contributed by atoms with Crippen LogP contribution in [0.5, 0.6) is 0 Å². The third-order valence-corrected chi connectivity index (χ3v) is 4.29. The summed E-state index contributed by atoms with van der Waals surface area (Å²) in [6.07, 6.45) is 4.26. The fourth-order valence-electron chi connectivity index (χ4n) is 3.16. The lowest BCUT2D eigenvalue weighted by Crippen LogP contribution is -2.52. The molecule has 1 N–H and O–H groups in total. The third-order valence-electron chi connectivity index (χ3n) is 4.29. The molecular formula is C15H31N3O. The van der Waals surface area contributed by atoms with E-state index in [2.05, 4.69) is 29.0 Å². The van der Waals surface area contributed by atoms with Crippen LogP contribution in [-0.4, -0.2) is 74.4 Å². The molecule has 4 nitrogen and oxygen atoms in total. The maximum atomic E-state index is 5.61. The van der Waals surface area contributed by atoms with Crippen molar-refractivity contribution in [3.05, 3.63) is 0 Å². The van der Waals surface area contributed by atoms with Gasteiger partial charge in [-0.3, -0.25) is 4.90 Å². The first-order valence-electron chi connectivity index (χ1n) is 8.04. The molecule has 0 radical (unpaired) electrons. The van der Waals surface area contributed by atoms with E-state index in [0.717, 1.165) is 12.6 Å². The van der Waals surface area contributed by atoms with Crippen LogP contribution >= 0.6 is 0 Å². The van der Waals surface area contributed by atoms with Gasteiger partial charge in [-0.05, 0) is 46.2 Å². The Labute approximate surface area is 118 Å². The summed E-state index contributed by atoms with van der Waals surface area (Å²) in [7, 11) is 0. The summed E-state index contributed by atoms with van der Waals surface area (Å²) in [6, 6.07) is 0.838. The molecule has 0 saturated carbocycles. The van der Waals surface area contributed by atoms with Crippen LogP contribution in [0.25, 0.3) is 0 Å². The van der Waals surface area contributed by atoms with E-state index in [-0.39, 0.29) is 0 Å². The standard InChI is InChI=1S/C15H31N3O/c1-14(2)19-13-3-8-17-9-4-15(5-10-17)18-11-6-16-7-12-18/h14-16H,3-13H2,1-2H3. The summed E-state index contributed by atoms with van der Waals surface area (Å²) in [4.78, 5) is 5.30. The van der Waals surface area contributed by atoms with Gasteiger partial charge in [-0.25, -0.2) is 0 Å². The molecule has 2 aliphatic rings. The Morgan fingerprint density at radius 3 is 2.42 bits per heavy atom. The zero-order valence-corrected chi connectivity index (χ0v) is 12.7. The SMILES string of the molecule is CC(C)OCCCN1CCC(N2CCNCC2)CC1. The monoisotopic (exact) mass is 269 g/mol. The van der Waals surface area contributed by atoms with Crippen molar-refractivity contribution in [3.63, 3.8) is 0 Å². The fraction of sp³-hybridized carbons (Fsp3) is 1.00.